The third-order valence-corrected chi connectivity index (χ3v) is 2.59. The van der Waals surface area contributed by atoms with Crippen LogP contribution in [-0.2, 0) is 9.53 Å². The molecule has 1 N–H and O–H groups in total. The fourth-order valence-electron chi connectivity index (χ4n) is 1.15. The van der Waals surface area contributed by atoms with Gasteiger partial charge in [-0.1, -0.05) is 0 Å². The van der Waals surface area contributed by atoms with E-state index in [0.29, 0.717) is 6.61 Å². The van der Waals surface area contributed by atoms with Crippen molar-refractivity contribution in [1.29, 1.82) is 0 Å². The lowest BCUT2D eigenvalue weighted by Crippen LogP contribution is -2.16. The number of ether oxygens (including phenoxy) is 2. The molecule has 0 aliphatic heterocycles. The van der Waals surface area contributed by atoms with E-state index in [1.165, 1.54) is 0 Å². The first-order chi connectivity index (χ1) is 7.67. The number of benzene rings is 1. The minimum Gasteiger partial charge on any atom is -0.497 e. The molecule has 1 aromatic rings. The molecule has 4 nitrogen and oxygen atoms in total. The second kappa shape index (κ2) is 6.37. The maximum Gasteiger partial charge on any atom is 0.325 e. The van der Waals surface area contributed by atoms with E-state index >= 15 is 0 Å². The molecular weight excluding hydrogens is 274 g/mol. The first-order valence-electron chi connectivity index (χ1n) is 4.90. The van der Waals surface area contributed by atoms with Crippen molar-refractivity contribution in [3.63, 3.8) is 0 Å². The Labute approximate surface area is 103 Å². The molecule has 0 aromatic heterocycles. The highest BCUT2D eigenvalue weighted by molar-refractivity contribution is 9.10. The molecule has 0 heterocycles. The van der Waals surface area contributed by atoms with E-state index in [2.05, 4.69) is 21.2 Å². The predicted octanol–water partition coefficient (Wildman–Crippen LogP) is 2.43. The lowest BCUT2D eigenvalue weighted by atomic mass is 10.3. The first kappa shape index (κ1) is 12.8. The number of nitrogens with one attached hydrogen (secondary N) is 1. The van der Waals surface area contributed by atoms with Gasteiger partial charge in [-0.25, -0.2) is 0 Å². The summed E-state index contributed by atoms with van der Waals surface area (Å²) < 4.78 is 10.8. The highest BCUT2D eigenvalue weighted by atomic mass is 79.9. The minimum absolute atomic E-state index is 0.138. The second-order valence-electron chi connectivity index (χ2n) is 3.00. The summed E-state index contributed by atoms with van der Waals surface area (Å²) >= 11 is 3.38. The molecule has 1 aromatic carbocycles. The molecule has 0 unspecified atom stereocenters. The van der Waals surface area contributed by atoms with Gasteiger partial charge in [0.15, 0.2) is 0 Å². The van der Waals surface area contributed by atoms with Crippen LogP contribution in [0.15, 0.2) is 22.7 Å². The Hall–Kier alpha value is -1.23. The summed E-state index contributed by atoms with van der Waals surface area (Å²) in [6.07, 6.45) is 0. The van der Waals surface area contributed by atoms with Crippen LogP contribution in [-0.4, -0.2) is 26.2 Å². The fourth-order valence-corrected chi connectivity index (χ4v) is 1.53. The molecule has 0 aliphatic rings. The molecule has 0 amide bonds. The first-order valence-corrected chi connectivity index (χ1v) is 5.69. The van der Waals surface area contributed by atoms with Gasteiger partial charge in [0.05, 0.1) is 19.4 Å². The van der Waals surface area contributed by atoms with E-state index in [4.69, 9.17) is 9.47 Å². The Balaban J connectivity index is 2.62. The molecule has 5 heteroatoms. The summed E-state index contributed by atoms with van der Waals surface area (Å²) in [5, 5.41) is 2.97. The SMILES string of the molecule is CCOC(=O)CNc1cc(OC)ccc1Br. The van der Waals surface area contributed by atoms with Gasteiger partial charge in [-0.05, 0) is 35.0 Å². The van der Waals surface area contributed by atoms with Crippen molar-refractivity contribution < 1.29 is 14.3 Å². The molecule has 0 radical (unpaired) electrons. The van der Waals surface area contributed by atoms with E-state index in [-0.39, 0.29) is 12.5 Å². The maximum absolute atomic E-state index is 11.2. The molecule has 16 heavy (non-hydrogen) atoms. The van der Waals surface area contributed by atoms with Crippen molar-refractivity contribution in [2.75, 3.05) is 25.6 Å². The van der Waals surface area contributed by atoms with Crippen LogP contribution in [0.2, 0.25) is 0 Å². The van der Waals surface area contributed by atoms with Gasteiger partial charge >= 0.3 is 5.97 Å². The van der Waals surface area contributed by atoms with Crippen LogP contribution in [0.1, 0.15) is 6.92 Å². The largest absolute Gasteiger partial charge is 0.497 e. The smallest absolute Gasteiger partial charge is 0.325 e. The highest BCUT2D eigenvalue weighted by Crippen LogP contribution is 2.26. The van der Waals surface area contributed by atoms with Crippen molar-refractivity contribution in [1.82, 2.24) is 0 Å². The zero-order chi connectivity index (χ0) is 12.0. The molecular formula is C11H14BrNO3. The number of rotatable bonds is 5. The van der Waals surface area contributed by atoms with Crippen LogP contribution < -0.4 is 10.1 Å². The third-order valence-electron chi connectivity index (χ3n) is 1.90. The quantitative estimate of drug-likeness (QED) is 0.845. The molecule has 88 valence electrons. The van der Waals surface area contributed by atoms with Gasteiger partial charge in [0, 0.05) is 10.5 Å². The summed E-state index contributed by atoms with van der Waals surface area (Å²) in [7, 11) is 1.60. The van der Waals surface area contributed by atoms with Gasteiger partial charge in [0.1, 0.15) is 12.3 Å². The Morgan fingerprint density at radius 3 is 2.88 bits per heavy atom. The number of hydrogen-bond acceptors (Lipinski definition) is 4. The molecule has 0 bridgehead atoms. The van der Waals surface area contributed by atoms with Crippen molar-refractivity contribution in [2.45, 2.75) is 6.92 Å². The van der Waals surface area contributed by atoms with Crippen LogP contribution in [0.5, 0.6) is 5.75 Å². The van der Waals surface area contributed by atoms with Crippen molar-refractivity contribution in [2.24, 2.45) is 0 Å². The van der Waals surface area contributed by atoms with E-state index in [0.717, 1.165) is 15.9 Å². The molecule has 0 saturated carbocycles. The Bertz CT molecular complexity index is 368. The van der Waals surface area contributed by atoms with Crippen molar-refractivity contribution >= 4 is 27.6 Å². The standard InChI is InChI=1S/C11H14BrNO3/c1-3-16-11(14)7-13-10-6-8(15-2)4-5-9(10)12/h4-6,13H,3,7H2,1-2H3. The number of anilines is 1. The summed E-state index contributed by atoms with van der Waals surface area (Å²) in [6, 6.07) is 5.50. The zero-order valence-corrected chi connectivity index (χ0v) is 10.8. The summed E-state index contributed by atoms with van der Waals surface area (Å²) in [5.41, 5.74) is 0.799. The van der Waals surface area contributed by atoms with Gasteiger partial charge in [-0.3, -0.25) is 4.79 Å². The predicted molar refractivity (Wildman–Crippen MR) is 65.8 cm³/mol. The van der Waals surface area contributed by atoms with Crippen LogP contribution in [0.25, 0.3) is 0 Å². The monoisotopic (exact) mass is 287 g/mol. The second-order valence-corrected chi connectivity index (χ2v) is 3.86. The van der Waals surface area contributed by atoms with Gasteiger partial charge in [0.2, 0.25) is 0 Å². The highest BCUT2D eigenvalue weighted by Gasteiger charge is 2.05. The van der Waals surface area contributed by atoms with Crippen molar-refractivity contribution in [3.05, 3.63) is 22.7 Å². The topological polar surface area (TPSA) is 47.6 Å². The number of halogens is 1. The third kappa shape index (κ3) is 3.73. The van der Waals surface area contributed by atoms with Gasteiger partial charge in [-0.15, -0.1) is 0 Å². The van der Waals surface area contributed by atoms with Crippen LogP contribution in [0.4, 0.5) is 5.69 Å². The lowest BCUT2D eigenvalue weighted by Gasteiger charge is -2.09. The van der Waals surface area contributed by atoms with Crippen LogP contribution >= 0.6 is 15.9 Å². The average molecular weight is 288 g/mol. The van der Waals surface area contributed by atoms with Crippen LogP contribution in [0.3, 0.4) is 0 Å². The Kier molecular flexibility index (Phi) is 5.11. The number of methoxy groups -OCH3 is 1. The van der Waals surface area contributed by atoms with Crippen LogP contribution in [0, 0.1) is 0 Å². The van der Waals surface area contributed by atoms with E-state index in [1.807, 2.05) is 18.2 Å². The van der Waals surface area contributed by atoms with E-state index < -0.39 is 0 Å². The van der Waals surface area contributed by atoms with Gasteiger partial charge in [-0.2, -0.15) is 0 Å². The average Bonchev–Trinajstić information content (AvgIpc) is 2.28. The van der Waals surface area contributed by atoms with E-state index in [9.17, 15) is 4.79 Å². The maximum atomic E-state index is 11.2. The molecule has 0 atom stereocenters. The number of carbonyl (C=O) groups is 1. The minimum atomic E-state index is -0.280. The van der Waals surface area contributed by atoms with Crippen molar-refractivity contribution in [3.8, 4) is 5.75 Å². The normalized spacial score (nSPS) is 9.69. The molecule has 0 aliphatic carbocycles. The molecule has 1 rings (SSSR count). The Morgan fingerprint density at radius 2 is 2.25 bits per heavy atom. The molecule has 0 fully saturated rings. The number of esters is 1. The number of carbonyl (C=O) groups excluding carboxylic acids is 1. The zero-order valence-electron chi connectivity index (χ0n) is 9.25. The summed E-state index contributed by atoms with van der Waals surface area (Å²) in [6.45, 7) is 2.30. The Morgan fingerprint density at radius 1 is 1.50 bits per heavy atom. The van der Waals surface area contributed by atoms with Gasteiger partial charge in [0.25, 0.3) is 0 Å². The fraction of sp³-hybridized carbons (Fsp3) is 0.364. The number of hydrogen-bond donors (Lipinski definition) is 1. The summed E-state index contributed by atoms with van der Waals surface area (Å²) in [4.78, 5) is 11.2. The van der Waals surface area contributed by atoms with Gasteiger partial charge < -0.3 is 14.8 Å². The lowest BCUT2D eigenvalue weighted by molar-refractivity contribution is -0.140. The summed E-state index contributed by atoms with van der Waals surface area (Å²) in [5.74, 6) is 0.451. The molecule has 0 saturated heterocycles. The van der Waals surface area contributed by atoms with E-state index in [1.54, 1.807) is 14.0 Å². The molecule has 0 spiro atoms.